The Hall–Kier alpha value is -2.84. The van der Waals surface area contributed by atoms with E-state index in [0.29, 0.717) is 31.6 Å². The van der Waals surface area contributed by atoms with Gasteiger partial charge in [0.2, 0.25) is 5.91 Å². The van der Waals surface area contributed by atoms with E-state index in [0.717, 1.165) is 31.7 Å². The predicted molar refractivity (Wildman–Crippen MR) is 144 cm³/mol. The van der Waals surface area contributed by atoms with E-state index in [2.05, 4.69) is 24.5 Å². The lowest BCUT2D eigenvalue weighted by molar-refractivity contribution is -0.150. The summed E-state index contributed by atoms with van der Waals surface area (Å²) in [5, 5.41) is 15.8. The largest absolute Gasteiger partial charge is 0.496 e. The summed E-state index contributed by atoms with van der Waals surface area (Å²) < 4.78 is 26.2. The van der Waals surface area contributed by atoms with Crippen LogP contribution >= 0.6 is 0 Å². The normalized spacial score (nSPS) is 31.3. The molecule has 2 bridgehead atoms. The van der Waals surface area contributed by atoms with Gasteiger partial charge in [-0.2, -0.15) is 0 Å². The Balaban J connectivity index is 1.49. The topological polar surface area (TPSA) is 114 Å². The van der Waals surface area contributed by atoms with Crippen LogP contribution in [0.1, 0.15) is 89.4 Å². The molecule has 4 rings (SSSR count). The van der Waals surface area contributed by atoms with Crippen LogP contribution in [-0.4, -0.2) is 48.2 Å². The fourth-order valence-corrected chi connectivity index (χ4v) is 6.63. The van der Waals surface area contributed by atoms with Crippen LogP contribution in [0.3, 0.4) is 0 Å². The van der Waals surface area contributed by atoms with E-state index in [9.17, 15) is 23.9 Å². The molecular weight excluding hydrogens is 503 g/mol. The lowest BCUT2D eigenvalue weighted by Gasteiger charge is -2.34. The van der Waals surface area contributed by atoms with Gasteiger partial charge in [-0.05, 0) is 82.6 Å². The summed E-state index contributed by atoms with van der Waals surface area (Å²) in [5.74, 6) is -1.38. The van der Waals surface area contributed by atoms with E-state index in [-0.39, 0.29) is 58.9 Å². The van der Waals surface area contributed by atoms with Gasteiger partial charge >= 0.3 is 5.97 Å². The van der Waals surface area contributed by atoms with Crippen molar-refractivity contribution in [3.8, 4) is 11.5 Å². The van der Waals surface area contributed by atoms with E-state index in [1.807, 2.05) is 6.92 Å². The molecule has 3 N–H and O–H groups in total. The van der Waals surface area contributed by atoms with Gasteiger partial charge in [-0.15, -0.1) is 0 Å². The minimum Gasteiger partial charge on any atom is -0.496 e. The average Bonchev–Trinajstić information content (AvgIpc) is 3.52. The van der Waals surface area contributed by atoms with Crippen LogP contribution in [0.15, 0.2) is 12.1 Å². The number of methoxy groups -OCH3 is 1. The SMILES string of the molecule is CCC(C)[C@H](C)NC(=O)[C@H]1[C@@H]2CC[C@@H](C2)[C@H]1NC(=O)c1cc(OC2CCC(C)(C(=O)O)CC2)c(F)cc1OC. The number of halogens is 1. The standard InChI is InChI=1S/C30H43FN2O6/c1-6-16(2)17(3)32-28(35)25-18-7-8-19(13-18)26(25)33-27(34)21-14-24(22(31)15-23(21)38-5)39-20-9-11-30(4,12-10-20)29(36)37/h14-20,25-26H,6-13H2,1-5H3,(H,32,35)(H,33,34)(H,36,37)/t16?,17-,18+,19-,20?,25-,26+,30?/m0/s1. The highest BCUT2D eigenvalue weighted by Crippen LogP contribution is 2.49. The molecule has 6 atom stereocenters. The van der Waals surface area contributed by atoms with Gasteiger partial charge in [-0.3, -0.25) is 14.4 Å². The molecule has 0 aliphatic heterocycles. The first-order valence-electron chi connectivity index (χ1n) is 14.4. The number of carbonyl (C=O) groups is 3. The Bertz CT molecular complexity index is 1090. The second-order valence-corrected chi connectivity index (χ2v) is 12.2. The summed E-state index contributed by atoms with van der Waals surface area (Å²) in [7, 11) is 1.38. The first-order chi connectivity index (χ1) is 18.5. The van der Waals surface area contributed by atoms with Gasteiger partial charge < -0.3 is 25.2 Å². The van der Waals surface area contributed by atoms with E-state index in [1.54, 1.807) is 6.92 Å². The molecule has 8 nitrogen and oxygen atoms in total. The maximum atomic E-state index is 14.9. The fraction of sp³-hybridized carbons (Fsp3) is 0.700. The third-order valence-electron chi connectivity index (χ3n) is 9.73. The third-order valence-corrected chi connectivity index (χ3v) is 9.73. The Morgan fingerprint density at radius 3 is 2.38 bits per heavy atom. The summed E-state index contributed by atoms with van der Waals surface area (Å²) in [5.41, 5.74) is -0.658. The molecule has 2 amide bonds. The molecule has 0 radical (unpaired) electrons. The number of carbonyl (C=O) groups excluding carboxylic acids is 2. The van der Waals surface area contributed by atoms with Crippen molar-refractivity contribution < 1.29 is 33.4 Å². The molecule has 3 fully saturated rings. The van der Waals surface area contributed by atoms with Crippen molar-refractivity contribution in [2.24, 2.45) is 29.1 Å². The molecule has 9 heteroatoms. The van der Waals surface area contributed by atoms with Crippen molar-refractivity contribution in [1.29, 1.82) is 0 Å². The van der Waals surface area contributed by atoms with Gasteiger partial charge in [0.05, 0.1) is 30.1 Å². The van der Waals surface area contributed by atoms with Crippen molar-refractivity contribution in [2.45, 2.75) is 97.2 Å². The molecule has 0 heterocycles. The number of hydrogen-bond donors (Lipinski definition) is 3. The zero-order valence-corrected chi connectivity index (χ0v) is 23.7. The highest BCUT2D eigenvalue weighted by molar-refractivity contribution is 5.98. The number of amides is 2. The van der Waals surface area contributed by atoms with Crippen molar-refractivity contribution in [2.75, 3.05) is 7.11 Å². The van der Waals surface area contributed by atoms with Crippen molar-refractivity contribution >= 4 is 17.8 Å². The van der Waals surface area contributed by atoms with E-state index < -0.39 is 23.1 Å². The number of carboxylic acids is 1. The van der Waals surface area contributed by atoms with Crippen molar-refractivity contribution in [1.82, 2.24) is 10.6 Å². The van der Waals surface area contributed by atoms with Crippen LogP contribution in [0.4, 0.5) is 4.39 Å². The van der Waals surface area contributed by atoms with E-state index in [4.69, 9.17) is 9.47 Å². The maximum Gasteiger partial charge on any atom is 0.309 e. The summed E-state index contributed by atoms with van der Waals surface area (Å²) in [6.07, 6.45) is 5.29. The zero-order valence-electron chi connectivity index (χ0n) is 23.7. The van der Waals surface area contributed by atoms with Gasteiger partial charge in [0.25, 0.3) is 5.91 Å². The number of nitrogens with one attached hydrogen (secondary N) is 2. The molecule has 216 valence electrons. The van der Waals surface area contributed by atoms with Gasteiger partial charge in [-0.1, -0.05) is 20.3 Å². The van der Waals surface area contributed by atoms with Crippen molar-refractivity contribution in [3.63, 3.8) is 0 Å². The van der Waals surface area contributed by atoms with Gasteiger partial charge in [0.15, 0.2) is 11.6 Å². The molecule has 0 spiro atoms. The first-order valence-corrected chi connectivity index (χ1v) is 14.4. The fourth-order valence-electron chi connectivity index (χ4n) is 6.63. The third kappa shape index (κ3) is 6.02. The molecule has 0 saturated heterocycles. The van der Waals surface area contributed by atoms with Crippen LogP contribution in [0.5, 0.6) is 11.5 Å². The molecule has 1 unspecified atom stereocenters. The minimum absolute atomic E-state index is 0.0129. The Morgan fingerprint density at radius 2 is 1.77 bits per heavy atom. The van der Waals surface area contributed by atoms with Crippen LogP contribution in [-0.2, 0) is 9.59 Å². The van der Waals surface area contributed by atoms with E-state index in [1.165, 1.54) is 13.2 Å². The van der Waals surface area contributed by atoms with Crippen molar-refractivity contribution in [3.05, 3.63) is 23.5 Å². The number of benzene rings is 1. The quantitative estimate of drug-likeness (QED) is 0.383. The molecule has 0 aromatic heterocycles. The summed E-state index contributed by atoms with van der Waals surface area (Å²) in [6, 6.07) is 2.25. The van der Waals surface area contributed by atoms with Crippen LogP contribution in [0.25, 0.3) is 0 Å². The summed E-state index contributed by atoms with van der Waals surface area (Å²) in [4.78, 5) is 38.4. The molecule has 3 aliphatic carbocycles. The molecule has 1 aromatic rings. The maximum absolute atomic E-state index is 14.9. The number of rotatable bonds is 10. The molecule has 1 aromatic carbocycles. The first kappa shape index (κ1) is 29.2. The number of aliphatic carboxylic acids is 1. The second kappa shape index (κ2) is 11.7. The van der Waals surface area contributed by atoms with Gasteiger partial charge in [0, 0.05) is 18.2 Å². The lowest BCUT2D eigenvalue weighted by atomic mass is 9.75. The van der Waals surface area contributed by atoms with E-state index >= 15 is 0 Å². The molecule has 39 heavy (non-hydrogen) atoms. The monoisotopic (exact) mass is 546 g/mol. The Morgan fingerprint density at radius 1 is 1.10 bits per heavy atom. The van der Waals surface area contributed by atoms with Gasteiger partial charge in [-0.25, -0.2) is 4.39 Å². The summed E-state index contributed by atoms with van der Waals surface area (Å²) >= 11 is 0. The summed E-state index contributed by atoms with van der Waals surface area (Å²) in [6.45, 7) is 7.95. The number of hydrogen-bond acceptors (Lipinski definition) is 5. The predicted octanol–water partition coefficient (Wildman–Crippen LogP) is 4.94. The minimum atomic E-state index is -0.836. The Kier molecular flexibility index (Phi) is 8.76. The Labute approximate surface area is 230 Å². The number of fused-ring (bicyclic) bond motifs is 2. The average molecular weight is 547 g/mol. The molecule has 3 aliphatic rings. The highest BCUT2D eigenvalue weighted by Gasteiger charge is 2.51. The van der Waals surface area contributed by atoms with Crippen LogP contribution < -0.4 is 20.1 Å². The molecular formula is C30H43FN2O6. The smallest absolute Gasteiger partial charge is 0.309 e. The zero-order chi connectivity index (χ0) is 28.5. The van der Waals surface area contributed by atoms with Crippen LogP contribution in [0, 0.1) is 34.9 Å². The number of carboxylic acid groups (broad SMARTS) is 1. The number of ether oxygens (including phenoxy) is 2. The lowest BCUT2D eigenvalue weighted by Crippen LogP contribution is -2.52. The highest BCUT2D eigenvalue weighted by atomic mass is 19.1. The van der Waals surface area contributed by atoms with Crippen LogP contribution in [0.2, 0.25) is 0 Å². The second-order valence-electron chi connectivity index (χ2n) is 12.2. The molecule has 3 saturated carbocycles. The van der Waals surface area contributed by atoms with Gasteiger partial charge in [0.1, 0.15) is 5.75 Å².